The minimum atomic E-state index is -0.350. The first kappa shape index (κ1) is 7.96. The fourth-order valence-electron chi connectivity index (χ4n) is 0.789. The lowest BCUT2D eigenvalue weighted by atomic mass is 10.1. The normalized spacial score (nSPS) is 20.6. The summed E-state index contributed by atoms with van der Waals surface area (Å²) in [5, 5.41) is 8.49. The van der Waals surface area contributed by atoms with Crippen LogP contribution in [0.4, 0.5) is 0 Å². The Hall–Kier alpha value is -1.14. The standard InChI is InChI=1S/C8H10N2O/c1-6(11)7(5-9)4-8(10)2-3-8/h4H,2-3,10H2,1H3/b7-4+. The van der Waals surface area contributed by atoms with Crippen molar-refractivity contribution in [3.05, 3.63) is 11.6 Å². The van der Waals surface area contributed by atoms with Crippen molar-refractivity contribution >= 4 is 5.78 Å². The van der Waals surface area contributed by atoms with Gasteiger partial charge in [-0.2, -0.15) is 5.26 Å². The minimum absolute atomic E-state index is 0.185. The topological polar surface area (TPSA) is 66.9 Å². The Bertz CT molecular complexity index is 256. The molecule has 1 fully saturated rings. The molecule has 0 aromatic rings. The van der Waals surface area contributed by atoms with Gasteiger partial charge in [-0.25, -0.2) is 0 Å². The maximum Gasteiger partial charge on any atom is 0.170 e. The molecule has 1 aliphatic rings. The van der Waals surface area contributed by atoms with Crippen molar-refractivity contribution in [2.75, 3.05) is 0 Å². The van der Waals surface area contributed by atoms with Gasteiger partial charge in [0.15, 0.2) is 5.78 Å². The second-order valence-electron chi connectivity index (χ2n) is 2.96. The molecule has 1 aliphatic carbocycles. The van der Waals surface area contributed by atoms with Gasteiger partial charge in [-0.05, 0) is 25.8 Å². The quantitative estimate of drug-likeness (QED) is 0.461. The van der Waals surface area contributed by atoms with E-state index in [1.807, 2.05) is 6.07 Å². The predicted octanol–water partition coefficient (Wildman–Crippen LogP) is 0.517. The van der Waals surface area contributed by atoms with Crippen LogP contribution in [0.15, 0.2) is 11.6 Å². The van der Waals surface area contributed by atoms with E-state index in [0.717, 1.165) is 12.8 Å². The Labute approximate surface area is 65.5 Å². The fraction of sp³-hybridized carbons (Fsp3) is 0.500. The van der Waals surface area contributed by atoms with Gasteiger partial charge in [-0.1, -0.05) is 0 Å². The van der Waals surface area contributed by atoms with Crippen molar-refractivity contribution in [1.82, 2.24) is 0 Å². The predicted molar refractivity (Wildman–Crippen MR) is 40.5 cm³/mol. The summed E-state index contributed by atoms with van der Waals surface area (Å²) in [6.07, 6.45) is 3.34. The van der Waals surface area contributed by atoms with Crippen LogP contribution in [-0.2, 0) is 4.79 Å². The third-order valence-electron chi connectivity index (χ3n) is 1.76. The van der Waals surface area contributed by atoms with Gasteiger partial charge in [0.05, 0.1) is 5.57 Å². The van der Waals surface area contributed by atoms with Crippen LogP contribution in [0, 0.1) is 11.3 Å². The van der Waals surface area contributed by atoms with Gasteiger partial charge in [-0.15, -0.1) is 0 Å². The van der Waals surface area contributed by atoms with Gasteiger partial charge in [0, 0.05) is 5.54 Å². The van der Waals surface area contributed by atoms with E-state index < -0.39 is 0 Å². The third kappa shape index (κ3) is 1.89. The summed E-state index contributed by atoms with van der Waals surface area (Å²) in [4.78, 5) is 10.7. The number of nitrogens with two attached hydrogens (primary N) is 1. The fourth-order valence-corrected chi connectivity index (χ4v) is 0.789. The molecule has 3 heteroatoms. The highest BCUT2D eigenvalue weighted by Gasteiger charge is 2.36. The molecule has 58 valence electrons. The molecule has 0 aromatic heterocycles. The molecule has 0 aromatic carbocycles. The third-order valence-corrected chi connectivity index (χ3v) is 1.76. The SMILES string of the molecule is CC(=O)/C(C#N)=C/C1(N)CC1. The molecule has 0 aliphatic heterocycles. The number of Topliss-reactive ketones (excluding diaryl/α,β-unsaturated/α-hetero) is 1. The van der Waals surface area contributed by atoms with E-state index in [1.54, 1.807) is 6.08 Å². The lowest BCUT2D eigenvalue weighted by Gasteiger charge is -1.99. The van der Waals surface area contributed by atoms with Crippen molar-refractivity contribution in [2.45, 2.75) is 25.3 Å². The summed E-state index contributed by atoms with van der Waals surface area (Å²) < 4.78 is 0. The average molecular weight is 150 g/mol. The average Bonchev–Trinajstić information content (AvgIpc) is 2.64. The van der Waals surface area contributed by atoms with E-state index >= 15 is 0 Å². The largest absolute Gasteiger partial charge is 0.322 e. The van der Waals surface area contributed by atoms with E-state index in [2.05, 4.69) is 0 Å². The number of carbonyl (C=O) groups excluding carboxylic acids is 1. The van der Waals surface area contributed by atoms with E-state index in [0.29, 0.717) is 0 Å². The molecule has 0 heterocycles. The molecule has 0 unspecified atom stereocenters. The zero-order valence-electron chi connectivity index (χ0n) is 6.42. The van der Waals surface area contributed by atoms with Crippen LogP contribution in [0.5, 0.6) is 0 Å². The Morgan fingerprint density at radius 3 is 2.55 bits per heavy atom. The van der Waals surface area contributed by atoms with Gasteiger partial charge in [-0.3, -0.25) is 4.79 Å². The number of carbonyl (C=O) groups is 1. The first-order valence-corrected chi connectivity index (χ1v) is 3.50. The number of hydrogen-bond acceptors (Lipinski definition) is 3. The van der Waals surface area contributed by atoms with E-state index in [4.69, 9.17) is 11.0 Å². The Kier molecular flexibility index (Phi) is 1.79. The first-order chi connectivity index (χ1) is 5.07. The van der Waals surface area contributed by atoms with E-state index in [-0.39, 0.29) is 16.9 Å². The number of nitrogens with zero attached hydrogens (tertiary/aromatic N) is 1. The summed E-state index contributed by atoms with van der Waals surface area (Å²) in [6, 6.07) is 1.83. The highest BCUT2D eigenvalue weighted by atomic mass is 16.1. The monoisotopic (exact) mass is 150 g/mol. The molecule has 0 radical (unpaired) electrons. The number of nitriles is 1. The molecule has 2 N–H and O–H groups in total. The molecule has 1 saturated carbocycles. The van der Waals surface area contributed by atoms with Crippen LogP contribution in [0.1, 0.15) is 19.8 Å². The number of rotatable bonds is 2. The second-order valence-corrected chi connectivity index (χ2v) is 2.96. The molecule has 11 heavy (non-hydrogen) atoms. The van der Waals surface area contributed by atoms with Gasteiger partial charge < -0.3 is 5.73 Å². The molecule has 0 spiro atoms. The Morgan fingerprint density at radius 2 is 2.27 bits per heavy atom. The molecule has 0 bridgehead atoms. The van der Waals surface area contributed by atoms with Crippen molar-refractivity contribution in [2.24, 2.45) is 5.73 Å². The maximum atomic E-state index is 10.7. The smallest absolute Gasteiger partial charge is 0.170 e. The van der Waals surface area contributed by atoms with Crippen molar-refractivity contribution < 1.29 is 4.79 Å². The molecule has 1 rings (SSSR count). The molecule has 0 saturated heterocycles. The Morgan fingerprint density at radius 1 is 1.73 bits per heavy atom. The summed E-state index contributed by atoms with van der Waals surface area (Å²) in [5.74, 6) is -0.204. The zero-order valence-corrected chi connectivity index (χ0v) is 6.42. The molecular weight excluding hydrogens is 140 g/mol. The van der Waals surface area contributed by atoms with Crippen LogP contribution >= 0.6 is 0 Å². The second kappa shape index (κ2) is 2.48. The van der Waals surface area contributed by atoms with Crippen molar-refractivity contribution in [3.63, 3.8) is 0 Å². The van der Waals surface area contributed by atoms with Crippen LogP contribution < -0.4 is 5.73 Å². The van der Waals surface area contributed by atoms with Gasteiger partial charge in [0.25, 0.3) is 0 Å². The van der Waals surface area contributed by atoms with Crippen LogP contribution in [-0.4, -0.2) is 11.3 Å². The highest BCUT2D eigenvalue weighted by molar-refractivity contribution is 5.97. The van der Waals surface area contributed by atoms with Crippen molar-refractivity contribution in [3.8, 4) is 6.07 Å². The zero-order chi connectivity index (χ0) is 8.48. The molecular formula is C8H10N2O. The number of hydrogen-bond donors (Lipinski definition) is 1. The van der Waals surface area contributed by atoms with Gasteiger partial charge >= 0.3 is 0 Å². The van der Waals surface area contributed by atoms with Crippen LogP contribution in [0.25, 0.3) is 0 Å². The van der Waals surface area contributed by atoms with E-state index in [1.165, 1.54) is 6.92 Å². The lowest BCUT2D eigenvalue weighted by molar-refractivity contribution is -0.113. The Balaban J connectivity index is 2.78. The first-order valence-electron chi connectivity index (χ1n) is 3.50. The maximum absolute atomic E-state index is 10.7. The number of ketones is 1. The molecule has 0 atom stereocenters. The van der Waals surface area contributed by atoms with Crippen LogP contribution in [0.2, 0.25) is 0 Å². The van der Waals surface area contributed by atoms with Gasteiger partial charge in [0.2, 0.25) is 0 Å². The number of allylic oxidation sites excluding steroid dienone is 1. The van der Waals surface area contributed by atoms with Gasteiger partial charge in [0.1, 0.15) is 6.07 Å². The summed E-state index contributed by atoms with van der Waals surface area (Å²) in [6.45, 7) is 1.38. The summed E-state index contributed by atoms with van der Waals surface area (Å²) >= 11 is 0. The lowest BCUT2D eigenvalue weighted by Crippen LogP contribution is -2.19. The summed E-state index contributed by atoms with van der Waals surface area (Å²) in [5.41, 5.74) is 5.52. The van der Waals surface area contributed by atoms with E-state index in [9.17, 15) is 4.79 Å². The molecule has 3 nitrogen and oxygen atoms in total. The molecule has 0 amide bonds. The van der Waals surface area contributed by atoms with Crippen molar-refractivity contribution in [1.29, 1.82) is 5.26 Å². The summed E-state index contributed by atoms with van der Waals surface area (Å²) in [7, 11) is 0. The highest BCUT2D eigenvalue weighted by Crippen LogP contribution is 2.34. The minimum Gasteiger partial charge on any atom is -0.322 e. The van der Waals surface area contributed by atoms with Crippen LogP contribution in [0.3, 0.4) is 0 Å².